The van der Waals surface area contributed by atoms with Gasteiger partial charge in [-0.2, -0.15) is 16.8 Å². The van der Waals surface area contributed by atoms with Crippen LogP contribution in [0.3, 0.4) is 0 Å². The molecule has 0 unspecified atom stereocenters. The lowest BCUT2D eigenvalue weighted by Crippen LogP contribution is -2.46. The van der Waals surface area contributed by atoms with Gasteiger partial charge in [-0.05, 0) is 0 Å². The molecule has 0 saturated carbocycles. The van der Waals surface area contributed by atoms with Crippen molar-refractivity contribution in [1.29, 1.82) is 0 Å². The molecule has 6 nitrogen and oxygen atoms in total. The van der Waals surface area contributed by atoms with E-state index < -0.39 is 42.1 Å². The Bertz CT molecular complexity index is 447. The monoisotopic (exact) mass is 586 g/mol. The van der Waals surface area contributed by atoms with Crippen molar-refractivity contribution in [3.05, 3.63) is 0 Å². The molecule has 0 radical (unpaired) electrons. The van der Waals surface area contributed by atoms with Crippen molar-refractivity contribution in [2.45, 2.75) is 21.9 Å². The Morgan fingerprint density at radius 1 is 0.800 bits per heavy atom. The van der Waals surface area contributed by atoms with Crippen molar-refractivity contribution in [3.63, 3.8) is 0 Å². The van der Waals surface area contributed by atoms with Gasteiger partial charge < -0.3 is 0 Å². The first-order valence-electron chi connectivity index (χ1n) is 5.08. The number of halogens is 4. The average molecular weight is 590 g/mol. The average Bonchev–Trinajstić information content (AvgIpc) is 2.29. The molecular weight excluding hydrogens is 576 g/mol. The Balaban J connectivity index is 5.49. The summed E-state index contributed by atoms with van der Waals surface area (Å²) >= 11 is 12.9. The van der Waals surface area contributed by atoms with Gasteiger partial charge in [-0.1, -0.05) is 63.7 Å². The fourth-order valence-corrected chi connectivity index (χ4v) is 4.36. The van der Waals surface area contributed by atoms with Crippen LogP contribution >= 0.6 is 63.7 Å². The van der Waals surface area contributed by atoms with Crippen molar-refractivity contribution in [1.82, 2.24) is 0 Å². The number of rotatable bonds is 9. The maximum absolute atomic E-state index is 11.4. The molecule has 0 aromatic rings. The lowest BCUT2D eigenvalue weighted by Gasteiger charge is -2.30. The molecule has 0 aliphatic heterocycles. The highest BCUT2D eigenvalue weighted by atomic mass is 79.9. The first-order chi connectivity index (χ1) is 8.91. The minimum absolute atomic E-state index is 0.346. The second kappa shape index (κ2) is 9.14. The summed E-state index contributed by atoms with van der Waals surface area (Å²) in [6.45, 7) is 0. The molecule has 0 amide bonds. The molecule has 122 valence electrons. The summed E-state index contributed by atoms with van der Waals surface area (Å²) in [4.78, 5) is -0.939. The molecule has 4 atom stereocenters. The number of hydrogen-bond donors (Lipinski definition) is 0. The van der Waals surface area contributed by atoms with E-state index >= 15 is 0 Å². The number of alkyl halides is 4. The van der Waals surface area contributed by atoms with E-state index in [9.17, 15) is 16.8 Å². The highest BCUT2D eigenvalue weighted by molar-refractivity contribution is 9.12. The van der Waals surface area contributed by atoms with Gasteiger partial charge in [0.05, 0.1) is 22.2 Å². The van der Waals surface area contributed by atoms with E-state index in [1.165, 1.54) is 0 Å². The highest BCUT2D eigenvalue weighted by Crippen LogP contribution is 2.27. The van der Waals surface area contributed by atoms with Crippen LogP contribution < -0.4 is 0 Å². The molecule has 0 rings (SSSR count). The normalized spacial score (nSPS) is 19.3. The molecule has 0 fully saturated rings. The van der Waals surface area contributed by atoms with Crippen molar-refractivity contribution in [2.24, 2.45) is 0 Å². The Kier molecular flexibility index (Phi) is 9.93. The summed E-state index contributed by atoms with van der Waals surface area (Å²) in [5.41, 5.74) is 0. The molecule has 0 bridgehead atoms. The largest absolute Gasteiger partial charge is 0.264 e. The standard InChI is InChI=1S/C8H14Br4O6S2/c1-19(13,14)17-7(5(11)3-9)8(6(12)4-10)18-20(2,15)16/h5-8H,3-4H2,1-2H3/t5-,6-,7-,8-/m1/s1. The first-order valence-corrected chi connectivity index (χ1v) is 12.8. The lowest BCUT2D eigenvalue weighted by atomic mass is 10.1. The summed E-state index contributed by atoms with van der Waals surface area (Å²) in [5, 5.41) is 0.692. The van der Waals surface area contributed by atoms with Gasteiger partial charge in [-0.3, -0.25) is 8.37 Å². The fraction of sp³-hybridized carbons (Fsp3) is 1.00. The third-order valence-corrected chi connectivity index (χ3v) is 7.87. The summed E-state index contributed by atoms with van der Waals surface area (Å²) in [6, 6.07) is 0. The zero-order valence-corrected chi connectivity index (χ0v) is 18.5. The van der Waals surface area contributed by atoms with Crippen LogP contribution in [0.15, 0.2) is 0 Å². The molecule has 0 aromatic carbocycles. The van der Waals surface area contributed by atoms with E-state index in [0.29, 0.717) is 10.7 Å². The predicted molar refractivity (Wildman–Crippen MR) is 92.5 cm³/mol. The van der Waals surface area contributed by atoms with Gasteiger partial charge in [0.15, 0.2) is 0 Å². The molecule has 0 N–H and O–H groups in total. The summed E-state index contributed by atoms with van der Waals surface area (Å²) < 4.78 is 55.4. The molecular formula is C8H14Br4O6S2. The van der Waals surface area contributed by atoms with E-state index in [2.05, 4.69) is 63.7 Å². The lowest BCUT2D eigenvalue weighted by molar-refractivity contribution is 0.0702. The SMILES string of the molecule is CS(=O)(=O)O[C@@H]([C@H](OS(C)(=O)=O)[C@H](Br)CBr)[C@H](Br)CBr. The van der Waals surface area contributed by atoms with Crippen molar-refractivity contribution >= 4 is 84.0 Å². The molecule has 12 heteroatoms. The molecule has 20 heavy (non-hydrogen) atoms. The van der Waals surface area contributed by atoms with Crippen LogP contribution in [0, 0.1) is 0 Å². The van der Waals surface area contributed by atoms with Crippen LogP contribution in [0.2, 0.25) is 0 Å². The van der Waals surface area contributed by atoms with Crippen LogP contribution in [0.4, 0.5) is 0 Å². The van der Waals surface area contributed by atoms with Crippen molar-refractivity contribution < 1.29 is 25.2 Å². The van der Waals surface area contributed by atoms with E-state index in [1.54, 1.807) is 0 Å². The number of hydrogen-bond acceptors (Lipinski definition) is 6. The Labute approximate surface area is 153 Å². The van der Waals surface area contributed by atoms with Crippen LogP contribution in [0.5, 0.6) is 0 Å². The van der Waals surface area contributed by atoms with Gasteiger partial charge in [-0.25, -0.2) is 0 Å². The zero-order chi connectivity index (χ0) is 16.1. The second-order valence-electron chi connectivity index (χ2n) is 3.87. The molecule has 0 heterocycles. The smallest absolute Gasteiger partial charge is 0.263 e. The van der Waals surface area contributed by atoms with Crippen LogP contribution in [-0.4, -0.2) is 61.9 Å². The van der Waals surface area contributed by atoms with Crippen LogP contribution in [-0.2, 0) is 28.6 Å². The molecule has 0 aliphatic rings. The Morgan fingerprint density at radius 2 is 1.05 bits per heavy atom. The van der Waals surface area contributed by atoms with Gasteiger partial charge in [0.1, 0.15) is 12.2 Å². The Hall–Kier alpha value is 1.74. The molecule has 0 saturated heterocycles. The maximum Gasteiger partial charge on any atom is 0.264 e. The molecule has 0 aromatic heterocycles. The summed E-state index contributed by atoms with van der Waals surface area (Å²) in [6.07, 6.45) is -0.270. The topological polar surface area (TPSA) is 86.7 Å². The third-order valence-electron chi connectivity index (χ3n) is 1.90. The van der Waals surface area contributed by atoms with Gasteiger partial charge >= 0.3 is 0 Å². The fourth-order valence-electron chi connectivity index (χ4n) is 1.22. The van der Waals surface area contributed by atoms with Crippen LogP contribution in [0.1, 0.15) is 0 Å². The van der Waals surface area contributed by atoms with Crippen molar-refractivity contribution in [2.75, 3.05) is 23.2 Å². The van der Waals surface area contributed by atoms with Crippen LogP contribution in [0.25, 0.3) is 0 Å². The third kappa shape index (κ3) is 9.01. The van der Waals surface area contributed by atoms with Gasteiger partial charge in [0, 0.05) is 10.7 Å². The minimum atomic E-state index is -3.78. The molecule has 0 aliphatic carbocycles. The van der Waals surface area contributed by atoms with E-state index in [0.717, 1.165) is 12.5 Å². The quantitative estimate of drug-likeness (QED) is 0.302. The first kappa shape index (κ1) is 21.7. The molecule has 0 spiro atoms. The zero-order valence-electron chi connectivity index (χ0n) is 10.5. The van der Waals surface area contributed by atoms with E-state index in [1.807, 2.05) is 0 Å². The van der Waals surface area contributed by atoms with E-state index in [4.69, 9.17) is 8.37 Å². The van der Waals surface area contributed by atoms with Gasteiger partial charge in [0.25, 0.3) is 20.2 Å². The second-order valence-corrected chi connectivity index (χ2v) is 10.7. The maximum atomic E-state index is 11.4. The van der Waals surface area contributed by atoms with E-state index in [-0.39, 0.29) is 0 Å². The van der Waals surface area contributed by atoms with Crippen molar-refractivity contribution in [3.8, 4) is 0 Å². The van der Waals surface area contributed by atoms with Gasteiger partial charge in [-0.15, -0.1) is 0 Å². The highest BCUT2D eigenvalue weighted by Gasteiger charge is 2.38. The summed E-state index contributed by atoms with van der Waals surface area (Å²) in [5.74, 6) is 0. The predicted octanol–water partition coefficient (Wildman–Crippen LogP) is 1.99. The minimum Gasteiger partial charge on any atom is -0.263 e. The Morgan fingerprint density at radius 3 is 1.20 bits per heavy atom. The van der Waals surface area contributed by atoms with Gasteiger partial charge in [0.2, 0.25) is 0 Å². The summed E-state index contributed by atoms with van der Waals surface area (Å²) in [7, 11) is -7.57.